The van der Waals surface area contributed by atoms with Gasteiger partial charge >= 0.3 is 0 Å². The molecule has 32 heavy (non-hydrogen) atoms. The van der Waals surface area contributed by atoms with E-state index < -0.39 is 0 Å². The fraction of sp³-hybridized carbons (Fsp3) is 0.480. The minimum absolute atomic E-state index is 0.0172. The van der Waals surface area contributed by atoms with Gasteiger partial charge in [0.05, 0.1) is 10.0 Å². The summed E-state index contributed by atoms with van der Waals surface area (Å²) in [6.07, 6.45) is 3.38. The molecule has 2 saturated heterocycles. The Morgan fingerprint density at radius 1 is 1.03 bits per heavy atom. The molecule has 2 atom stereocenters. The number of carbonyl (C=O) groups is 1. The highest BCUT2D eigenvalue weighted by atomic mass is 35.5. The van der Waals surface area contributed by atoms with Crippen LogP contribution in [-0.4, -0.2) is 61.5 Å². The van der Waals surface area contributed by atoms with Gasteiger partial charge in [-0.2, -0.15) is 0 Å². The van der Waals surface area contributed by atoms with Crippen LogP contribution in [0.3, 0.4) is 0 Å². The van der Waals surface area contributed by atoms with E-state index in [2.05, 4.69) is 16.3 Å². The maximum Gasteiger partial charge on any atom is 0.253 e. The monoisotopic (exact) mass is 493 g/mol. The molecule has 0 aromatic heterocycles. The highest BCUT2D eigenvalue weighted by molar-refractivity contribution is 6.42. The largest absolute Gasteiger partial charge is 0.338 e. The molecule has 2 fully saturated rings. The molecule has 1 amide bonds. The first-order valence-corrected chi connectivity index (χ1v) is 12.5. The van der Waals surface area contributed by atoms with Crippen LogP contribution in [0.15, 0.2) is 42.5 Å². The van der Waals surface area contributed by atoms with Gasteiger partial charge in [0, 0.05) is 49.2 Å². The number of carbonyl (C=O) groups excluding carboxylic acids is 1. The molecule has 4 nitrogen and oxygen atoms in total. The molecule has 0 aliphatic carbocycles. The second kappa shape index (κ2) is 10.8. The summed E-state index contributed by atoms with van der Waals surface area (Å²) in [7, 11) is 1.91. The van der Waals surface area contributed by atoms with Crippen LogP contribution in [0, 0.1) is 5.92 Å². The Bertz CT molecular complexity index is 931. The third-order valence-corrected chi connectivity index (χ3v) is 7.91. The van der Waals surface area contributed by atoms with Crippen LogP contribution in [-0.2, 0) is 0 Å². The predicted octanol–water partition coefficient (Wildman–Crippen LogP) is 5.58. The third-order valence-electron chi connectivity index (χ3n) is 6.92. The number of likely N-dealkylation sites (tertiary alicyclic amines) is 1. The second-order valence-electron chi connectivity index (χ2n) is 9.01. The summed E-state index contributed by atoms with van der Waals surface area (Å²) < 4.78 is 0. The van der Waals surface area contributed by atoms with Gasteiger partial charge in [0.15, 0.2) is 0 Å². The van der Waals surface area contributed by atoms with E-state index in [9.17, 15) is 4.79 Å². The van der Waals surface area contributed by atoms with Crippen molar-refractivity contribution in [3.8, 4) is 0 Å². The number of hydrogen-bond acceptors (Lipinski definition) is 3. The minimum atomic E-state index is 0.0172. The molecule has 172 valence electrons. The van der Waals surface area contributed by atoms with E-state index in [1.165, 1.54) is 12.8 Å². The van der Waals surface area contributed by atoms with E-state index in [1.807, 2.05) is 24.1 Å². The number of amides is 1. The van der Waals surface area contributed by atoms with E-state index in [0.717, 1.165) is 50.6 Å². The van der Waals surface area contributed by atoms with Crippen LogP contribution in [0.1, 0.15) is 41.1 Å². The van der Waals surface area contributed by atoms with Crippen LogP contribution < -0.4 is 5.32 Å². The van der Waals surface area contributed by atoms with Gasteiger partial charge in [-0.25, -0.2) is 0 Å². The number of hydrogen-bond donors (Lipinski definition) is 1. The molecular weight excluding hydrogens is 465 g/mol. The number of nitrogens with one attached hydrogen (secondary N) is 1. The summed E-state index contributed by atoms with van der Waals surface area (Å²) in [5.41, 5.74) is 1.79. The van der Waals surface area contributed by atoms with Gasteiger partial charge in [-0.15, -0.1) is 0 Å². The molecule has 2 heterocycles. The molecule has 0 bridgehead atoms. The van der Waals surface area contributed by atoms with Crippen molar-refractivity contribution in [2.75, 3.05) is 39.8 Å². The van der Waals surface area contributed by atoms with Crippen molar-refractivity contribution < 1.29 is 4.79 Å². The number of halogens is 3. The van der Waals surface area contributed by atoms with Gasteiger partial charge in [-0.1, -0.05) is 40.9 Å². The lowest BCUT2D eigenvalue weighted by Crippen LogP contribution is -2.51. The topological polar surface area (TPSA) is 35.6 Å². The van der Waals surface area contributed by atoms with Crippen molar-refractivity contribution in [3.63, 3.8) is 0 Å². The SMILES string of the molecule is CN(C(=O)c1ccc(Cl)cc1)[C@@H]1CCN(CC2CCNCC2)C[C@H]1c1ccc(Cl)c(Cl)c1. The quantitative estimate of drug-likeness (QED) is 0.590. The maximum absolute atomic E-state index is 13.3. The molecule has 2 aromatic rings. The Morgan fingerprint density at radius 2 is 1.75 bits per heavy atom. The molecule has 1 N–H and O–H groups in total. The molecular formula is C25H30Cl3N3O. The van der Waals surface area contributed by atoms with E-state index >= 15 is 0 Å². The van der Waals surface area contributed by atoms with Crippen LogP contribution in [0.4, 0.5) is 0 Å². The van der Waals surface area contributed by atoms with Gasteiger partial charge in [0.1, 0.15) is 0 Å². The fourth-order valence-electron chi connectivity index (χ4n) is 5.08. The third kappa shape index (κ3) is 5.60. The number of rotatable bonds is 5. The van der Waals surface area contributed by atoms with Gasteiger partial charge < -0.3 is 15.1 Å². The molecule has 7 heteroatoms. The summed E-state index contributed by atoms with van der Waals surface area (Å²) in [5, 5.41) is 5.20. The van der Waals surface area contributed by atoms with E-state index in [-0.39, 0.29) is 17.9 Å². The van der Waals surface area contributed by atoms with Gasteiger partial charge in [0.2, 0.25) is 0 Å². The van der Waals surface area contributed by atoms with Gasteiger partial charge in [-0.3, -0.25) is 4.79 Å². The van der Waals surface area contributed by atoms with Crippen molar-refractivity contribution in [1.29, 1.82) is 0 Å². The predicted molar refractivity (Wildman–Crippen MR) is 133 cm³/mol. The Hall–Kier alpha value is -1.30. The zero-order valence-corrected chi connectivity index (χ0v) is 20.6. The second-order valence-corrected chi connectivity index (χ2v) is 10.3. The summed E-state index contributed by atoms with van der Waals surface area (Å²) in [6, 6.07) is 13.1. The average molecular weight is 495 g/mol. The van der Waals surface area contributed by atoms with Crippen molar-refractivity contribution in [2.45, 2.75) is 31.2 Å². The van der Waals surface area contributed by atoms with Crippen LogP contribution in [0.25, 0.3) is 0 Å². The first kappa shape index (κ1) is 23.8. The average Bonchev–Trinajstić information content (AvgIpc) is 2.81. The highest BCUT2D eigenvalue weighted by Crippen LogP contribution is 2.35. The normalized spacial score (nSPS) is 22.6. The van der Waals surface area contributed by atoms with Gasteiger partial charge in [-0.05, 0) is 80.2 Å². The number of likely N-dealkylation sites (N-methyl/N-ethyl adjacent to an activating group) is 1. The molecule has 4 rings (SSSR count). The van der Waals surface area contributed by atoms with Crippen LogP contribution in [0.5, 0.6) is 0 Å². The van der Waals surface area contributed by atoms with Crippen molar-refractivity contribution in [1.82, 2.24) is 15.1 Å². The molecule has 2 aromatic carbocycles. The lowest BCUT2D eigenvalue weighted by atomic mass is 9.84. The summed E-state index contributed by atoms with van der Waals surface area (Å²) in [4.78, 5) is 17.7. The Morgan fingerprint density at radius 3 is 2.44 bits per heavy atom. The first-order valence-electron chi connectivity index (χ1n) is 11.3. The van der Waals surface area contributed by atoms with E-state index in [4.69, 9.17) is 34.8 Å². The lowest BCUT2D eigenvalue weighted by Gasteiger charge is -2.44. The number of piperidine rings is 2. The molecule has 0 radical (unpaired) electrons. The fourth-order valence-corrected chi connectivity index (χ4v) is 5.52. The number of benzene rings is 2. The zero-order valence-electron chi connectivity index (χ0n) is 18.4. The van der Waals surface area contributed by atoms with Crippen LogP contribution >= 0.6 is 34.8 Å². The van der Waals surface area contributed by atoms with Crippen molar-refractivity contribution >= 4 is 40.7 Å². The Labute approximate surface area is 205 Å². The van der Waals surface area contributed by atoms with E-state index in [0.29, 0.717) is 20.6 Å². The first-order chi connectivity index (χ1) is 15.4. The van der Waals surface area contributed by atoms with Crippen molar-refractivity contribution in [3.05, 3.63) is 68.7 Å². The van der Waals surface area contributed by atoms with Crippen LogP contribution in [0.2, 0.25) is 15.1 Å². The molecule has 0 spiro atoms. The Kier molecular flexibility index (Phi) is 8.01. The molecule has 0 saturated carbocycles. The van der Waals surface area contributed by atoms with E-state index in [1.54, 1.807) is 24.3 Å². The number of nitrogens with zero attached hydrogens (tertiary/aromatic N) is 2. The van der Waals surface area contributed by atoms with Crippen molar-refractivity contribution in [2.24, 2.45) is 5.92 Å². The zero-order chi connectivity index (χ0) is 22.7. The Balaban J connectivity index is 1.55. The highest BCUT2D eigenvalue weighted by Gasteiger charge is 2.36. The summed E-state index contributed by atoms with van der Waals surface area (Å²) in [5.74, 6) is 0.917. The minimum Gasteiger partial charge on any atom is -0.338 e. The smallest absolute Gasteiger partial charge is 0.253 e. The maximum atomic E-state index is 13.3. The van der Waals surface area contributed by atoms with Gasteiger partial charge in [0.25, 0.3) is 5.91 Å². The standard InChI is InChI=1S/C25H30Cl3N3O/c1-30(25(32)18-2-5-20(26)6-3-18)24-10-13-31(15-17-8-11-29-12-9-17)16-21(24)19-4-7-22(27)23(28)14-19/h2-7,14,17,21,24,29H,8-13,15-16H2,1H3/t21-,24+/m0/s1. The molecule has 2 aliphatic heterocycles. The molecule has 0 unspecified atom stereocenters. The molecule has 2 aliphatic rings. The summed E-state index contributed by atoms with van der Waals surface area (Å²) in [6.45, 7) is 5.22. The lowest BCUT2D eigenvalue weighted by molar-refractivity contribution is 0.0563. The summed E-state index contributed by atoms with van der Waals surface area (Å²) >= 11 is 18.6.